The smallest absolute Gasteiger partial charge is 0.274 e. The second-order valence-electron chi connectivity index (χ2n) is 11.5. The van der Waals surface area contributed by atoms with Gasteiger partial charge >= 0.3 is 0 Å². The van der Waals surface area contributed by atoms with Crippen LogP contribution in [0.1, 0.15) is 58.1 Å². The molecule has 0 unspecified atom stereocenters. The number of aliphatic hydroxyl groups is 1. The van der Waals surface area contributed by atoms with Crippen LogP contribution in [0.15, 0.2) is 18.2 Å². The van der Waals surface area contributed by atoms with Gasteiger partial charge in [0.25, 0.3) is 5.91 Å². The van der Waals surface area contributed by atoms with Crippen molar-refractivity contribution in [1.82, 2.24) is 19.6 Å². The third kappa shape index (κ3) is 4.32. The fourth-order valence-electron chi connectivity index (χ4n) is 6.46. The highest BCUT2D eigenvalue weighted by molar-refractivity contribution is 5.95. The van der Waals surface area contributed by atoms with Gasteiger partial charge in [-0.05, 0) is 68.6 Å². The van der Waals surface area contributed by atoms with Crippen molar-refractivity contribution < 1.29 is 14.7 Å². The molecule has 2 aliphatic heterocycles. The van der Waals surface area contributed by atoms with Gasteiger partial charge in [-0.1, -0.05) is 12.1 Å². The number of hydrogen-bond donors (Lipinski definition) is 2. The number of carbonyl (C=O) groups is 2. The first-order valence-electron chi connectivity index (χ1n) is 13.7. The zero-order chi connectivity index (χ0) is 25.9. The molecular formula is C28H38N6O3. The van der Waals surface area contributed by atoms with Gasteiger partial charge in [-0.15, -0.1) is 0 Å². The minimum atomic E-state index is -0.881. The van der Waals surface area contributed by atoms with Crippen LogP contribution >= 0.6 is 0 Å². The van der Waals surface area contributed by atoms with E-state index in [9.17, 15) is 14.7 Å². The number of likely N-dealkylation sites (tertiary alicyclic amines) is 1. The number of amides is 2. The normalized spacial score (nSPS) is 24.2. The number of piperazine rings is 1. The zero-order valence-electron chi connectivity index (χ0n) is 21.9. The Morgan fingerprint density at radius 3 is 2.51 bits per heavy atom. The highest BCUT2D eigenvalue weighted by atomic mass is 16.3. The molecule has 3 fully saturated rings. The van der Waals surface area contributed by atoms with Crippen molar-refractivity contribution in [2.75, 3.05) is 50.7 Å². The summed E-state index contributed by atoms with van der Waals surface area (Å²) in [6, 6.07) is 6.39. The summed E-state index contributed by atoms with van der Waals surface area (Å²) >= 11 is 0. The largest absolute Gasteiger partial charge is 0.388 e. The van der Waals surface area contributed by atoms with Crippen LogP contribution in [-0.2, 0) is 17.8 Å². The Hall–Kier alpha value is -2.91. The number of anilines is 1. The van der Waals surface area contributed by atoms with Gasteiger partial charge in [0.15, 0.2) is 5.69 Å². The molecule has 1 aromatic heterocycles. The SMILES string of the molecule is Cc1cccc(N2CCN(C(=O)Cn3nc(C(=O)N4CCC(O)(CN)CC4)c4c3C[C@H]3C[C@@H]43)CC2)c1C. The van der Waals surface area contributed by atoms with E-state index >= 15 is 0 Å². The quantitative estimate of drug-likeness (QED) is 0.635. The number of nitrogens with two attached hydrogens (primary N) is 1. The monoisotopic (exact) mass is 506 g/mol. The molecule has 2 aliphatic carbocycles. The third-order valence-electron chi connectivity index (χ3n) is 9.25. The lowest BCUT2D eigenvalue weighted by molar-refractivity contribution is -0.132. The first kappa shape index (κ1) is 24.4. The maximum Gasteiger partial charge on any atom is 0.274 e. The summed E-state index contributed by atoms with van der Waals surface area (Å²) in [6.07, 6.45) is 2.98. The van der Waals surface area contributed by atoms with Crippen LogP contribution in [-0.4, -0.2) is 87.9 Å². The van der Waals surface area contributed by atoms with Gasteiger partial charge in [0.05, 0.1) is 5.60 Å². The predicted molar refractivity (Wildman–Crippen MR) is 141 cm³/mol. The summed E-state index contributed by atoms with van der Waals surface area (Å²) in [7, 11) is 0. The molecule has 2 atom stereocenters. The summed E-state index contributed by atoms with van der Waals surface area (Å²) in [6.45, 7) is 8.64. The van der Waals surface area contributed by atoms with Crippen molar-refractivity contribution in [3.63, 3.8) is 0 Å². The van der Waals surface area contributed by atoms with E-state index in [-0.39, 0.29) is 24.9 Å². The molecule has 0 radical (unpaired) electrons. The van der Waals surface area contributed by atoms with Crippen molar-refractivity contribution in [2.45, 2.75) is 57.6 Å². The molecule has 4 aliphatic rings. The first-order chi connectivity index (χ1) is 17.8. The van der Waals surface area contributed by atoms with E-state index in [1.54, 1.807) is 4.90 Å². The van der Waals surface area contributed by atoms with Gasteiger partial charge < -0.3 is 25.5 Å². The molecule has 198 valence electrons. The molecule has 2 aromatic rings. The minimum absolute atomic E-state index is 0.0662. The Kier molecular flexibility index (Phi) is 6.03. The predicted octanol–water partition coefficient (Wildman–Crippen LogP) is 1.43. The van der Waals surface area contributed by atoms with Crippen LogP contribution in [0, 0.1) is 19.8 Å². The highest BCUT2D eigenvalue weighted by Gasteiger charge is 2.51. The standard InChI is InChI=1S/C28H38N6O3/c1-18-4-3-5-22(19(18)2)31-10-12-32(13-11-31)24(35)16-34-23-15-20-14-21(20)25(23)26(30-34)27(36)33-8-6-28(37,17-29)7-9-33/h3-5,20-21,37H,6-17,29H2,1-2H3/t20-,21-/m1/s1. The highest BCUT2D eigenvalue weighted by Crippen LogP contribution is 2.57. The molecule has 37 heavy (non-hydrogen) atoms. The number of fused-ring (bicyclic) bond motifs is 3. The van der Waals surface area contributed by atoms with Gasteiger partial charge in [0.2, 0.25) is 5.91 Å². The fourth-order valence-corrected chi connectivity index (χ4v) is 6.46. The molecule has 6 rings (SSSR count). The molecule has 3 heterocycles. The van der Waals surface area contributed by atoms with Gasteiger partial charge in [-0.25, -0.2) is 0 Å². The number of rotatable bonds is 5. The van der Waals surface area contributed by atoms with E-state index < -0.39 is 5.60 Å². The molecule has 2 saturated heterocycles. The van der Waals surface area contributed by atoms with Gasteiger partial charge in [0.1, 0.15) is 6.54 Å². The Bertz CT molecular complexity index is 1220. The summed E-state index contributed by atoms with van der Waals surface area (Å²) in [5, 5.41) is 15.2. The van der Waals surface area contributed by atoms with E-state index in [1.165, 1.54) is 16.8 Å². The Labute approximate surface area is 218 Å². The van der Waals surface area contributed by atoms with Crippen LogP contribution in [0.3, 0.4) is 0 Å². The third-order valence-corrected chi connectivity index (χ3v) is 9.25. The van der Waals surface area contributed by atoms with Crippen molar-refractivity contribution in [2.24, 2.45) is 11.7 Å². The second kappa shape index (κ2) is 9.13. The number of piperidine rings is 1. The summed E-state index contributed by atoms with van der Waals surface area (Å²) in [4.78, 5) is 32.9. The maximum absolute atomic E-state index is 13.5. The number of hydrogen-bond acceptors (Lipinski definition) is 6. The summed E-state index contributed by atoms with van der Waals surface area (Å²) in [5.41, 5.74) is 11.3. The number of carbonyl (C=O) groups excluding carboxylic acids is 2. The van der Waals surface area contributed by atoms with Crippen LogP contribution < -0.4 is 10.6 Å². The van der Waals surface area contributed by atoms with Gasteiger partial charge in [-0.3, -0.25) is 14.3 Å². The van der Waals surface area contributed by atoms with Crippen LogP contribution in [0.25, 0.3) is 0 Å². The first-order valence-corrected chi connectivity index (χ1v) is 13.7. The van der Waals surface area contributed by atoms with Gasteiger partial charge in [0, 0.05) is 62.8 Å². The average Bonchev–Trinajstić information content (AvgIpc) is 3.44. The van der Waals surface area contributed by atoms with Gasteiger partial charge in [-0.2, -0.15) is 5.10 Å². The van der Waals surface area contributed by atoms with E-state index in [1.807, 2.05) is 9.58 Å². The molecule has 1 aromatic carbocycles. The lowest BCUT2D eigenvalue weighted by atomic mass is 9.91. The lowest BCUT2D eigenvalue weighted by Crippen LogP contribution is -2.50. The molecular weight excluding hydrogens is 468 g/mol. The number of aryl methyl sites for hydroxylation is 1. The molecule has 0 spiro atoms. The van der Waals surface area contributed by atoms with E-state index in [2.05, 4.69) is 36.9 Å². The topological polar surface area (TPSA) is 108 Å². The van der Waals surface area contributed by atoms with Crippen LogP contribution in [0.4, 0.5) is 5.69 Å². The summed E-state index contributed by atoms with van der Waals surface area (Å²) in [5.74, 6) is 0.989. The van der Waals surface area contributed by atoms with Crippen molar-refractivity contribution in [3.8, 4) is 0 Å². The molecule has 1 saturated carbocycles. The Balaban J connectivity index is 1.13. The van der Waals surface area contributed by atoms with E-state index in [4.69, 9.17) is 10.8 Å². The maximum atomic E-state index is 13.5. The number of aromatic nitrogens is 2. The van der Waals surface area contributed by atoms with Crippen molar-refractivity contribution >= 4 is 17.5 Å². The fraction of sp³-hybridized carbons (Fsp3) is 0.607. The molecule has 9 heteroatoms. The van der Waals surface area contributed by atoms with Crippen molar-refractivity contribution in [1.29, 1.82) is 0 Å². The number of nitrogens with zero attached hydrogens (tertiary/aromatic N) is 5. The molecule has 3 N–H and O–H groups in total. The van der Waals surface area contributed by atoms with E-state index in [0.29, 0.717) is 56.6 Å². The Morgan fingerprint density at radius 1 is 1.08 bits per heavy atom. The average molecular weight is 507 g/mol. The van der Waals surface area contributed by atoms with Crippen LogP contribution in [0.5, 0.6) is 0 Å². The Morgan fingerprint density at radius 2 is 1.81 bits per heavy atom. The minimum Gasteiger partial charge on any atom is -0.388 e. The summed E-state index contributed by atoms with van der Waals surface area (Å²) < 4.78 is 1.81. The lowest BCUT2D eigenvalue weighted by Gasteiger charge is -2.37. The van der Waals surface area contributed by atoms with E-state index in [0.717, 1.165) is 37.2 Å². The molecule has 2 amide bonds. The zero-order valence-corrected chi connectivity index (χ0v) is 21.9. The molecule has 0 bridgehead atoms. The van der Waals surface area contributed by atoms with Crippen molar-refractivity contribution in [3.05, 3.63) is 46.3 Å². The van der Waals surface area contributed by atoms with Crippen LogP contribution in [0.2, 0.25) is 0 Å². The second-order valence-corrected chi connectivity index (χ2v) is 11.5. The molecule has 9 nitrogen and oxygen atoms in total. The number of benzene rings is 1.